The van der Waals surface area contributed by atoms with E-state index in [2.05, 4.69) is 14.7 Å². The van der Waals surface area contributed by atoms with Crippen LogP contribution in [0.5, 0.6) is 5.75 Å². The molecule has 31 heavy (non-hydrogen) atoms. The normalized spacial score (nSPS) is 15.4. The van der Waals surface area contributed by atoms with E-state index < -0.39 is 29.8 Å². The summed E-state index contributed by atoms with van der Waals surface area (Å²) in [6.07, 6.45) is -4.89. The van der Waals surface area contributed by atoms with Gasteiger partial charge in [-0.2, -0.15) is 26.3 Å². The minimum Gasteiger partial charge on any atom is -0.481 e. The lowest BCUT2D eigenvalue weighted by molar-refractivity contribution is -0.191. The third-order valence-corrected chi connectivity index (χ3v) is 4.80. The summed E-state index contributed by atoms with van der Waals surface area (Å²) in [5, 5.41) is 0. The van der Waals surface area contributed by atoms with Gasteiger partial charge in [0.2, 0.25) is 5.89 Å². The van der Waals surface area contributed by atoms with Gasteiger partial charge >= 0.3 is 12.4 Å². The number of alkyl halides is 6. The number of aromatic nitrogens is 3. The van der Waals surface area contributed by atoms with Crippen LogP contribution in [-0.2, 0) is 12.7 Å². The monoisotopic (exact) mass is 443 g/mol. The van der Waals surface area contributed by atoms with E-state index in [-0.39, 0.29) is 11.5 Å². The molecule has 1 aromatic carbocycles. The van der Waals surface area contributed by atoms with Crippen LogP contribution >= 0.6 is 0 Å². The van der Waals surface area contributed by atoms with Gasteiger partial charge in [-0.1, -0.05) is 0 Å². The lowest BCUT2D eigenvalue weighted by Crippen LogP contribution is -2.31. The summed E-state index contributed by atoms with van der Waals surface area (Å²) < 4.78 is 90.4. The van der Waals surface area contributed by atoms with E-state index in [1.807, 2.05) is 16.8 Å². The van der Waals surface area contributed by atoms with Crippen LogP contribution < -0.4 is 4.74 Å². The third kappa shape index (κ3) is 4.30. The standard InChI is InChI=1S/C20H15F6N3O2/c1-11(19(21,22)23)31-16-3-2-13(8-14(16)20(24,25)26)18-28-15(10-30-18)12-4-6-29-7-5-27-17(29)9-12/h2-3,5,7-11H,4,6H2,1H3. The van der Waals surface area contributed by atoms with Crippen molar-refractivity contribution in [2.45, 2.75) is 38.3 Å². The van der Waals surface area contributed by atoms with Gasteiger partial charge in [0.25, 0.3) is 0 Å². The van der Waals surface area contributed by atoms with E-state index in [4.69, 9.17) is 4.42 Å². The number of ether oxygens (including phenoxy) is 1. The molecule has 1 unspecified atom stereocenters. The van der Waals surface area contributed by atoms with Crippen LogP contribution in [0, 0.1) is 0 Å². The van der Waals surface area contributed by atoms with E-state index in [1.54, 1.807) is 6.20 Å². The molecule has 0 saturated carbocycles. The second kappa shape index (κ2) is 7.47. The van der Waals surface area contributed by atoms with E-state index in [0.717, 1.165) is 17.5 Å². The van der Waals surface area contributed by atoms with Crippen LogP contribution in [0.4, 0.5) is 26.3 Å². The number of oxazole rings is 1. The van der Waals surface area contributed by atoms with Crippen LogP contribution in [0.3, 0.4) is 0 Å². The van der Waals surface area contributed by atoms with Gasteiger partial charge in [-0.15, -0.1) is 0 Å². The molecule has 1 aliphatic heterocycles. The molecule has 2 aromatic heterocycles. The zero-order valence-corrected chi connectivity index (χ0v) is 16.0. The maximum atomic E-state index is 13.5. The molecule has 11 heteroatoms. The fraction of sp³-hybridized carbons (Fsp3) is 0.300. The van der Waals surface area contributed by atoms with Crippen LogP contribution in [0.2, 0.25) is 0 Å². The van der Waals surface area contributed by atoms with E-state index in [1.165, 1.54) is 12.3 Å². The molecule has 0 fully saturated rings. The van der Waals surface area contributed by atoms with Crippen molar-refractivity contribution in [3.05, 3.63) is 53.9 Å². The summed E-state index contributed by atoms with van der Waals surface area (Å²) in [4.78, 5) is 8.45. The van der Waals surface area contributed by atoms with Gasteiger partial charge in [-0.25, -0.2) is 9.97 Å². The molecular formula is C20H15F6N3O2. The molecule has 0 aliphatic carbocycles. The first-order chi connectivity index (χ1) is 14.5. The van der Waals surface area contributed by atoms with Gasteiger partial charge in [0.15, 0.2) is 6.10 Å². The summed E-state index contributed by atoms with van der Waals surface area (Å²) in [5.41, 5.74) is -0.129. The van der Waals surface area contributed by atoms with Crippen molar-refractivity contribution in [3.8, 4) is 17.2 Å². The number of halogens is 6. The predicted molar refractivity (Wildman–Crippen MR) is 97.8 cm³/mol. The minimum absolute atomic E-state index is 0.0384. The maximum absolute atomic E-state index is 13.5. The zero-order chi connectivity index (χ0) is 22.4. The molecule has 1 atom stereocenters. The molecule has 4 rings (SSSR count). The highest BCUT2D eigenvalue weighted by atomic mass is 19.4. The van der Waals surface area contributed by atoms with Gasteiger partial charge in [0.1, 0.15) is 23.5 Å². The summed E-state index contributed by atoms with van der Waals surface area (Å²) in [6, 6.07) is 2.67. The lowest BCUT2D eigenvalue weighted by Gasteiger charge is -2.21. The van der Waals surface area contributed by atoms with Crippen molar-refractivity contribution < 1.29 is 35.5 Å². The van der Waals surface area contributed by atoms with E-state index in [9.17, 15) is 26.3 Å². The molecule has 0 radical (unpaired) electrons. The van der Waals surface area contributed by atoms with Gasteiger partial charge in [-0.05, 0) is 43.2 Å². The highest BCUT2D eigenvalue weighted by Gasteiger charge is 2.41. The Morgan fingerprint density at radius 3 is 2.65 bits per heavy atom. The average molecular weight is 443 g/mol. The van der Waals surface area contributed by atoms with Gasteiger partial charge in [0.05, 0.1) is 5.56 Å². The number of allylic oxidation sites excluding steroid dienone is 1. The SMILES string of the molecule is CC(Oc1ccc(-c2nc(C3=Cc4nccn4CC3)co2)cc1C(F)(F)F)C(F)(F)F. The van der Waals surface area contributed by atoms with Gasteiger partial charge < -0.3 is 13.7 Å². The minimum atomic E-state index is -4.94. The molecule has 1 aliphatic rings. The summed E-state index contributed by atoms with van der Waals surface area (Å²) in [6.45, 7) is 1.31. The van der Waals surface area contributed by atoms with Gasteiger partial charge in [-0.3, -0.25) is 0 Å². The Bertz CT molecular complexity index is 1130. The predicted octanol–water partition coefficient (Wildman–Crippen LogP) is 5.83. The molecule has 3 heterocycles. The van der Waals surface area contributed by atoms with E-state index >= 15 is 0 Å². The molecule has 3 aromatic rings. The Balaban J connectivity index is 1.65. The van der Waals surface area contributed by atoms with E-state index in [0.29, 0.717) is 31.6 Å². The number of hydrogen-bond acceptors (Lipinski definition) is 4. The summed E-state index contributed by atoms with van der Waals surface area (Å²) in [7, 11) is 0. The highest BCUT2D eigenvalue weighted by molar-refractivity contribution is 5.79. The highest BCUT2D eigenvalue weighted by Crippen LogP contribution is 2.40. The van der Waals surface area contributed by atoms with Crippen LogP contribution in [0.15, 0.2) is 41.3 Å². The number of aryl methyl sites for hydroxylation is 1. The zero-order valence-electron chi connectivity index (χ0n) is 16.0. The Labute approximate surface area is 172 Å². The Morgan fingerprint density at radius 1 is 1.16 bits per heavy atom. The number of imidazole rings is 1. The molecule has 0 spiro atoms. The number of hydrogen-bond donors (Lipinski definition) is 0. The van der Waals surface area contributed by atoms with Crippen LogP contribution in [-0.4, -0.2) is 26.8 Å². The molecular weight excluding hydrogens is 428 g/mol. The Kier molecular flexibility index (Phi) is 5.06. The number of benzene rings is 1. The van der Waals surface area contributed by atoms with Crippen molar-refractivity contribution in [3.63, 3.8) is 0 Å². The van der Waals surface area contributed by atoms with Crippen molar-refractivity contribution in [1.29, 1.82) is 0 Å². The van der Waals surface area contributed by atoms with Crippen molar-refractivity contribution >= 4 is 11.6 Å². The molecule has 164 valence electrons. The second-order valence-electron chi connectivity index (χ2n) is 6.95. The van der Waals surface area contributed by atoms with Crippen LogP contribution in [0.25, 0.3) is 23.1 Å². The Morgan fingerprint density at radius 2 is 1.94 bits per heavy atom. The van der Waals surface area contributed by atoms with Crippen molar-refractivity contribution in [2.75, 3.05) is 0 Å². The molecule has 0 amide bonds. The quantitative estimate of drug-likeness (QED) is 0.476. The second-order valence-corrected chi connectivity index (χ2v) is 6.95. The maximum Gasteiger partial charge on any atom is 0.425 e. The number of fused-ring (bicyclic) bond motifs is 1. The average Bonchev–Trinajstić information content (AvgIpc) is 3.35. The summed E-state index contributed by atoms with van der Waals surface area (Å²) in [5.74, 6) is -0.286. The first-order valence-electron chi connectivity index (χ1n) is 9.15. The fourth-order valence-corrected chi connectivity index (χ4v) is 3.12. The number of rotatable bonds is 4. The molecule has 0 saturated heterocycles. The van der Waals surface area contributed by atoms with Gasteiger partial charge in [0, 0.05) is 24.5 Å². The molecule has 0 N–H and O–H groups in total. The Hall–Kier alpha value is -3.24. The lowest BCUT2D eigenvalue weighted by atomic mass is 10.1. The molecule has 0 bridgehead atoms. The van der Waals surface area contributed by atoms with Crippen molar-refractivity contribution in [2.24, 2.45) is 0 Å². The summed E-state index contributed by atoms with van der Waals surface area (Å²) >= 11 is 0. The first-order valence-corrected chi connectivity index (χ1v) is 9.15. The molecule has 5 nitrogen and oxygen atoms in total. The third-order valence-electron chi connectivity index (χ3n) is 4.80. The first kappa shape index (κ1) is 21.0. The van der Waals surface area contributed by atoms with Crippen molar-refractivity contribution in [1.82, 2.24) is 14.5 Å². The van der Waals surface area contributed by atoms with Crippen LogP contribution in [0.1, 0.15) is 30.4 Å². The number of nitrogens with zero attached hydrogens (tertiary/aromatic N) is 3. The largest absolute Gasteiger partial charge is 0.481 e. The fourth-order valence-electron chi connectivity index (χ4n) is 3.12. The topological polar surface area (TPSA) is 53.1 Å². The smallest absolute Gasteiger partial charge is 0.425 e.